The fourth-order valence-corrected chi connectivity index (χ4v) is 3.92. The lowest BCUT2D eigenvalue weighted by atomic mass is 9.84. The van der Waals surface area contributed by atoms with Crippen LogP contribution in [0.1, 0.15) is 29.6 Å². The first-order valence-electron chi connectivity index (χ1n) is 7.44. The highest BCUT2D eigenvalue weighted by Crippen LogP contribution is 2.30. The molecule has 2 unspecified atom stereocenters. The Morgan fingerprint density at radius 2 is 2.05 bits per heavy atom. The van der Waals surface area contributed by atoms with Gasteiger partial charge in [0.2, 0.25) is 0 Å². The SMILES string of the molecule is CN1CCCC2CN(C(=O)c3ccccc3S)CCC21. The molecule has 3 rings (SSSR count). The molecule has 4 heteroatoms. The molecule has 3 nitrogen and oxygen atoms in total. The van der Waals surface area contributed by atoms with Gasteiger partial charge in [-0.25, -0.2) is 0 Å². The Morgan fingerprint density at radius 1 is 1.25 bits per heavy atom. The predicted molar refractivity (Wildman–Crippen MR) is 83.4 cm³/mol. The number of hydrogen-bond acceptors (Lipinski definition) is 3. The summed E-state index contributed by atoms with van der Waals surface area (Å²) in [6.07, 6.45) is 3.60. The van der Waals surface area contributed by atoms with E-state index in [1.807, 2.05) is 29.2 Å². The Morgan fingerprint density at radius 3 is 2.85 bits per heavy atom. The summed E-state index contributed by atoms with van der Waals surface area (Å²) in [7, 11) is 2.22. The second-order valence-electron chi connectivity index (χ2n) is 6.01. The first kappa shape index (κ1) is 14.0. The van der Waals surface area contributed by atoms with Gasteiger partial charge in [0.1, 0.15) is 0 Å². The quantitative estimate of drug-likeness (QED) is 0.804. The van der Waals surface area contributed by atoms with Crippen LogP contribution in [0, 0.1) is 5.92 Å². The van der Waals surface area contributed by atoms with E-state index in [2.05, 4.69) is 24.6 Å². The van der Waals surface area contributed by atoms with Crippen LogP contribution in [0.15, 0.2) is 29.2 Å². The Hall–Kier alpha value is -1.00. The lowest BCUT2D eigenvalue weighted by Gasteiger charge is -2.46. The Kier molecular flexibility index (Phi) is 4.03. The van der Waals surface area contributed by atoms with E-state index in [4.69, 9.17) is 0 Å². The molecule has 1 amide bonds. The molecule has 20 heavy (non-hydrogen) atoms. The highest BCUT2D eigenvalue weighted by molar-refractivity contribution is 7.80. The van der Waals surface area contributed by atoms with Gasteiger partial charge < -0.3 is 9.80 Å². The molecular formula is C16H22N2OS. The van der Waals surface area contributed by atoms with Gasteiger partial charge >= 0.3 is 0 Å². The Balaban J connectivity index is 1.73. The molecule has 1 aromatic rings. The fraction of sp³-hybridized carbons (Fsp3) is 0.562. The zero-order valence-electron chi connectivity index (χ0n) is 12.0. The summed E-state index contributed by atoms with van der Waals surface area (Å²) in [5.74, 6) is 0.779. The van der Waals surface area contributed by atoms with Crippen LogP contribution in [-0.2, 0) is 0 Å². The number of benzene rings is 1. The van der Waals surface area contributed by atoms with Crippen LogP contribution < -0.4 is 0 Å². The Bertz CT molecular complexity index is 505. The third-order valence-electron chi connectivity index (χ3n) is 4.77. The van der Waals surface area contributed by atoms with Gasteiger partial charge in [0.15, 0.2) is 0 Å². The molecule has 0 aromatic heterocycles. The number of amides is 1. The van der Waals surface area contributed by atoms with Crippen LogP contribution in [0.2, 0.25) is 0 Å². The van der Waals surface area contributed by atoms with E-state index >= 15 is 0 Å². The number of thiol groups is 1. The topological polar surface area (TPSA) is 23.6 Å². The van der Waals surface area contributed by atoms with Crippen molar-refractivity contribution < 1.29 is 4.79 Å². The molecule has 0 saturated carbocycles. The average Bonchev–Trinajstić information content (AvgIpc) is 2.47. The summed E-state index contributed by atoms with van der Waals surface area (Å²) >= 11 is 4.41. The highest BCUT2D eigenvalue weighted by atomic mass is 32.1. The number of likely N-dealkylation sites (tertiary alicyclic amines) is 2. The van der Waals surface area contributed by atoms with Gasteiger partial charge in [0, 0.05) is 24.0 Å². The fourth-order valence-electron chi connectivity index (χ4n) is 3.66. The van der Waals surface area contributed by atoms with Crippen molar-refractivity contribution in [3.63, 3.8) is 0 Å². The summed E-state index contributed by atoms with van der Waals surface area (Å²) in [5.41, 5.74) is 0.735. The van der Waals surface area contributed by atoms with Gasteiger partial charge in [0.05, 0.1) is 5.56 Å². The first-order valence-corrected chi connectivity index (χ1v) is 7.89. The van der Waals surface area contributed by atoms with E-state index in [9.17, 15) is 4.79 Å². The molecule has 2 aliphatic rings. The van der Waals surface area contributed by atoms with Crippen molar-refractivity contribution in [3.8, 4) is 0 Å². The third kappa shape index (κ3) is 2.59. The van der Waals surface area contributed by atoms with Crippen LogP contribution in [0.25, 0.3) is 0 Å². The van der Waals surface area contributed by atoms with Crippen molar-refractivity contribution >= 4 is 18.5 Å². The van der Waals surface area contributed by atoms with Crippen molar-refractivity contribution in [2.45, 2.75) is 30.2 Å². The van der Waals surface area contributed by atoms with Crippen LogP contribution in [0.3, 0.4) is 0 Å². The predicted octanol–water partition coefficient (Wildman–Crippen LogP) is 2.53. The summed E-state index contributed by atoms with van der Waals surface area (Å²) in [6.45, 7) is 2.97. The first-order chi connectivity index (χ1) is 9.66. The van der Waals surface area contributed by atoms with Crippen LogP contribution >= 0.6 is 12.6 Å². The van der Waals surface area contributed by atoms with E-state index in [1.165, 1.54) is 19.4 Å². The summed E-state index contributed by atoms with van der Waals surface area (Å²) in [4.78, 5) is 17.9. The van der Waals surface area contributed by atoms with Crippen molar-refractivity contribution in [2.75, 3.05) is 26.7 Å². The number of hydrogen-bond donors (Lipinski definition) is 1. The molecule has 2 aliphatic heterocycles. The Labute approximate surface area is 126 Å². The monoisotopic (exact) mass is 290 g/mol. The minimum absolute atomic E-state index is 0.141. The molecule has 2 fully saturated rings. The van der Waals surface area contributed by atoms with E-state index in [-0.39, 0.29) is 5.91 Å². The van der Waals surface area contributed by atoms with Gasteiger partial charge in [-0.05, 0) is 50.9 Å². The number of carbonyl (C=O) groups is 1. The highest BCUT2D eigenvalue weighted by Gasteiger charge is 2.36. The molecule has 0 bridgehead atoms. The molecule has 2 atom stereocenters. The molecular weight excluding hydrogens is 268 g/mol. The summed E-state index contributed by atoms with van der Waals surface area (Å²) in [5, 5.41) is 0. The standard InChI is InChI=1S/C16H22N2OS/c1-17-9-4-5-12-11-18(10-8-14(12)17)16(19)13-6-2-3-7-15(13)20/h2-3,6-7,12,14,20H,4-5,8-11H2,1H3. The van der Waals surface area contributed by atoms with Gasteiger partial charge in [-0.2, -0.15) is 0 Å². The maximum Gasteiger partial charge on any atom is 0.254 e. The molecule has 2 heterocycles. The second kappa shape index (κ2) is 5.78. The van der Waals surface area contributed by atoms with E-state index in [0.29, 0.717) is 12.0 Å². The largest absolute Gasteiger partial charge is 0.338 e. The summed E-state index contributed by atoms with van der Waals surface area (Å²) < 4.78 is 0. The average molecular weight is 290 g/mol. The molecule has 2 saturated heterocycles. The minimum Gasteiger partial charge on any atom is -0.338 e. The number of piperidine rings is 2. The zero-order chi connectivity index (χ0) is 14.1. The third-order valence-corrected chi connectivity index (χ3v) is 5.16. The maximum atomic E-state index is 12.6. The number of fused-ring (bicyclic) bond motifs is 1. The van der Waals surface area contributed by atoms with Crippen molar-refractivity contribution in [2.24, 2.45) is 5.92 Å². The van der Waals surface area contributed by atoms with Crippen LogP contribution in [0.5, 0.6) is 0 Å². The molecule has 1 aromatic carbocycles. The maximum absolute atomic E-state index is 12.6. The van der Waals surface area contributed by atoms with Crippen molar-refractivity contribution in [1.82, 2.24) is 9.80 Å². The zero-order valence-corrected chi connectivity index (χ0v) is 12.9. The van der Waals surface area contributed by atoms with Gasteiger partial charge in [0.25, 0.3) is 5.91 Å². The lowest BCUT2D eigenvalue weighted by Crippen LogP contribution is -2.53. The number of rotatable bonds is 1. The van der Waals surface area contributed by atoms with E-state index in [0.717, 1.165) is 30.0 Å². The number of nitrogens with zero attached hydrogens (tertiary/aromatic N) is 2. The van der Waals surface area contributed by atoms with E-state index in [1.54, 1.807) is 0 Å². The number of carbonyl (C=O) groups excluding carboxylic acids is 1. The molecule has 0 spiro atoms. The molecule has 0 N–H and O–H groups in total. The molecule has 108 valence electrons. The van der Waals surface area contributed by atoms with Gasteiger partial charge in [-0.15, -0.1) is 12.6 Å². The van der Waals surface area contributed by atoms with Crippen LogP contribution in [0.4, 0.5) is 0 Å². The summed E-state index contributed by atoms with van der Waals surface area (Å²) in [6, 6.07) is 8.26. The van der Waals surface area contributed by atoms with Gasteiger partial charge in [-0.3, -0.25) is 4.79 Å². The smallest absolute Gasteiger partial charge is 0.254 e. The molecule has 0 aliphatic carbocycles. The normalized spacial score (nSPS) is 27.2. The molecule has 0 radical (unpaired) electrons. The minimum atomic E-state index is 0.141. The van der Waals surface area contributed by atoms with Crippen molar-refractivity contribution in [1.29, 1.82) is 0 Å². The van der Waals surface area contributed by atoms with E-state index < -0.39 is 0 Å². The van der Waals surface area contributed by atoms with Crippen LogP contribution in [-0.4, -0.2) is 48.4 Å². The second-order valence-corrected chi connectivity index (χ2v) is 6.49. The lowest BCUT2D eigenvalue weighted by molar-refractivity contribution is 0.0315. The van der Waals surface area contributed by atoms with Gasteiger partial charge in [-0.1, -0.05) is 12.1 Å². The van der Waals surface area contributed by atoms with Crippen molar-refractivity contribution in [3.05, 3.63) is 29.8 Å².